The maximum absolute atomic E-state index is 11.6. The lowest BCUT2D eigenvalue weighted by molar-refractivity contribution is -0.140. The summed E-state index contributed by atoms with van der Waals surface area (Å²) in [7, 11) is -4.10. The molecule has 0 aromatic heterocycles. The summed E-state index contributed by atoms with van der Waals surface area (Å²) in [5, 5.41) is 24.5. The third-order valence-corrected chi connectivity index (χ3v) is 3.94. The Balaban J connectivity index is 4.84. The first-order valence-corrected chi connectivity index (χ1v) is 6.64. The summed E-state index contributed by atoms with van der Waals surface area (Å²) in [6.45, 7) is 1.47. The third kappa shape index (κ3) is 5.11. The first-order valence-electron chi connectivity index (χ1n) is 5.10. The Kier molecular flexibility index (Phi) is 6.29. The second kappa shape index (κ2) is 6.93. The molecule has 0 bridgehead atoms. The van der Waals surface area contributed by atoms with Gasteiger partial charge in [0.2, 0.25) is 10.0 Å². The Morgan fingerprint density at radius 3 is 2.28 bits per heavy atom. The van der Waals surface area contributed by atoms with Crippen LogP contribution in [-0.2, 0) is 19.6 Å². The summed E-state index contributed by atoms with van der Waals surface area (Å²) >= 11 is 0. The van der Waals surface area contributed by atoms with E-state index in [2.05, 4.69) is 0 Å². The molecule has 0 rings (SSSR count). The first-order chi connectivity index (χ1) is 8.24. The zero-order valence-electron chi connectivity index (χ0n) is 9.66. The highest BCUT2D eigenvalue weighted by atomic mass is 32.2. The molecule has 18 heavy (non-hydrogen) atoms. The quantitative estimate of drug-likeness (QED) is 0.544. The lowest BCUT2D eigenvalue weighted by Crippen LogP contribution is -2.44. The number of nitrogens with one attached hydrogen (secondary N) is 1. The molecule has 102 valence electrons. The van der Waals surface area contributed by atoms with Gasteiger partial charge in [0.15, 0.2) is 5.25 Å². The Morgan fingerprint density at radius 1 is 1.39 bits per heavy atom. The molecular weight excluding hydrogens is 264 g/mol. The molecule has 3 N–H and O–H groups in total. The molecule has 2 atom stereocenters. The average Bonchev–Trinajstić information content (AvgIpc) is 2.24. The van der Waals surface area contributed by atoms with Crippen molar-refractivity contribution in [2.24, 2.45) is 0 Å². The summed E-state index contributed by atoms with van der Waals surface area (Å²) in [6, 6.07) is -0.00624. The smallest absolute Gasteiger partial charge is 0.321 e. The maximum Gasteiger partial charge on any atom is 0.321 e. The molecule has 0 aromatic carbocycles. The van der Waals surface area contributed by atoms with Gasteiger partial charge >= 0.3 is 11.9 Å². The van der Waals surface area contributed by atoms with Gasteiger partial charge in [-0.15, -0.1) is 0 Å². The zero-order valence-corrected chi connectivity index (χ0v) is 10.5. The van der Waals surface area contributed by atoms with E-state index in [1.54, 1.807) is 6.07 Å². The van der Waals surface area contributed by atoms with Crippen molar-refractivity contribution >= 4 is 22.0 Å². The molecule has 0 saturated heterocycles. The van der Waals surface area contributed by atoms with E-state index in [4.69, 9.17) is 15.5 Å². The van der Waals surface area contributed by atoms with E-state index in [-0.39, 0.29) is 12.8 Å². The number of nitriles is 1. The molecule has 0 aliphatic rings. The number of carbonyl (C=O) groups is 2. The topological polar surface area (TPSA) is 145 Å². The molecule has 0 aliphatic carbocycles. The normalized spacial score (nSPS) is 14.4. The molecule has 9 heteroatoms. The second-order valence-corrected chi connectivity index (χ2v) is 5.41. The number of sulfonamides is 1. The number of carboxylic acid groups (broad SMARTS) is 2. The van der Waals surface area contributed by atoms with Gasteiger partial charge in [-0.05, 0) is 12.8 Å². The minimum absolute atomic E-state index is 0.0110. The van der Waals surface area contributed by atoms with Crippen molar-refractivity contribution in [3.05, 3.63) is 0 Å². The number of hydrogen-bond donors (Lipinski definition) is 3. The van der Waals surface area contributed by atoms with Crippen LogP contribution in [0.1, 0.15) is 26.2 Å². The van der Waals surface area contributed by atoms with Gasteiger partial charge in [-0.3, -0.25) is 9.59 Å². The van der Waals surface area contributed by atoms with Gasteiger partial charge in [-0.25, -0.2) is 8.42 Å². The van der Waals surface area contributed by atoms with Crippen LogP contribution in [0.15, 0.2) is 0 Å². The Labute approximate surface area is 104 Å². The molecule has 8 nitrogen and oxygen atoms in total. The van der Waals surface area contributed by atoms with Crippen molar-refractivity contribution < 1.29 is 28.2 Å². The van der Waals surface area contributed by atoms with Crippen LogP contribution < -0.4 is 4.72 Å². The number of hydrogen-bond acceptors (Lipinski definition) is 5. The molecule has 0 spiro atoms. The van der Waals surface area contributed by atoms with Gasteiger partial charge in [-0.2, -0.15) is 9.98 Å². The van der Waals surface area contributed by atoms with Crippen LogP contribution in [0.2, 0.25) is 0 Å². The molecular formula is C9H14N2O6S. The molecule has 0 aromatic rings. The van der Waals surface area contributed by atoms with Crippen LogP contribution in [0.5, 0.6) is 0 Å². The molecule has 0 fully saturated rings. The largest absolute Gasteiger partial charge is 0.481 e. The van der Waals surface area contributed by atoms with Crippen LogP contribution in [-0.4, -0.2) is 41.9 Å². The summed E-state index contributed by atoms with van der Waals surface area (Å²) in [4.78, 5) is 21.1. The summed E-state index contributed by atoms with van der Waals surface area (Å²) in [6.07, 6.45) is -0.855. The standard InChI is InChI=1S/C9H14N2O6S/c1-2-6(5-10)18(16,17)11-7(9(14)15)3-4-8(12)13/h6-7,11H,2-4H2,1H3,(H,12,13)(H,14,15). The highest BCUT2D eigenvalue weighted by molar-refractivity contribution is 7.90. The Bertz CT molecular complexity index is 452. The van der Waals surface area contributed by atoms with Crippen molar-refractivity contribution in [1.29, 1.82) is 5.26 Å². The third-order valence-electron chi connectivity index (χ3n) is 2.14. The monoisotopic (exact) mass is 278 g/mol. The molecule has 2 unspecified atom stereocenters. The van der Waals surface area contributed by atoms with E-state index >= 15 is 0 Å². The van der Waals surface area contributed by atoms with Crippen molar-refractivity contribution in [1.82, 2.24) is 4.72 Å². The maximum atomic E-state index is 11.6. The predicted octanol–water partition coefficient (Wildman–Crippen LogP) is -0.474. The number of carboxylic acids is 2. The number of aliphatic carboxylic acids is 2. The van der Waals surface area contributed by atoms with Crippen molar-refractivity contribution in [2.45, 2.75) is 37.5 Å². The lowest BCUT2D eigenvalue weighted by atomic mass is 10.2. The van der Waals surface area contributed by atoms with Crippen molar-refractivity contribution in [2.75, 3.05) is 0 Å². The fourth-order valence-corrected chi connectivity index (χ4v) is 2.52. The van der Waals surface area contributed by atoms with E-state index in [1.165, 1.54) is 6.92 Å². The minimum atomic E-state index is -4.10. The van der Waals surface area contributed by atoms with Crippen LogP contribution in [0, 0.1) is 11.3 Å². The summed E-state index contributed by atoms with van der Waals surface area (Å²) < 4.78 is 25.1. The van der Waals surface area contributed by atoms with E-state index in [1.807, 2.05) is 4.72 Å². The molecule has 0 heterocycles. The zero-order chi connectivity index (χ0) is 14.3. The van der Waals surface area contributed by atoms with Crippen LogP contribution in [0.25, 0.3) is 0 Å². The highest BCUT2D eigenvalue weighted by Crippen LogP contribution is 2.07. The van der Waals surface area contributed by atoms with Gasteiger partial charge in [-0.1, -0.05) is 6.92 Å². The SMILES string of the molecule is CCC(C#N)S(=O)(=O)NC(CCC(=O)O)C(=O)O. The van der Waals surface area contributed by atoms with Crippen LogP contribution >= 0.6 is 0 Å². The van der Waals surface area contributed by atoms with Gasteiger partial charge in [0, 0.05) is 6.42 Å². The summed E-state index contributed by atoms with van der Waals surface area (Å²) in [5.41, 5.74) is 0. The Hall–Kier alpha value is -1.66. The van der Waals surface area contributed by atoms with Gasteiger partial charge in [0.05, 0.1) is 6.07 Å². The molecule has 0 aliphatic heterocycles. The second-order valence-electron chi connectivity index (χ2n) is 3.51. The fraction of sp³-hybridized carbons (Fsp3) is 0.667. The summed E-state index contributed by atoms with van der Waals surface area (Å²) in [5.74, 6) is -2.71. The van der Waals surface area contributed by atoms with Crippen LogP contribution in [0.3, 0.4) is 0 Å². The van der Waals surface area contributed by atoms with E-state index in [9.17, 15) is 18.0 Å². The minimum Gasteiger partial charge on any atom is -0.481 e. The van der Waals surface area contributed by atoms with E-state index in [0.717, 1.165) is 0 Å². The predicted molar refractivity (Wildman–Crippen MR) is 60.0 cm³/mol. The van der Waals surface area contributed by atoms with Crippen LogP contribution in [0.4, 0.5) is 0 Å². The van der Waals surface area contributed by atoms with Gasteiger partial charge in [0.25, 0.3) is 0 Å². The number of rotatable bonds is 8. The van der Waals surface area contributed by atoms with Crippen molar-refractivity contribution in [3.63, 3.8) is 0 Å². The number of nitrogens with zero attached hydrogens (tertiary/aromatic N) is 1. The van der Waals surface area contributed by atoms with E-state index in [0.29, 0.717) is 0 Å². The van der Waals surface area contributed by atoms with Crippen molar-refractivity contribution in [3.8, 4) is 6.07 Å². The van der Waals surface area contributed by atoms with E-state index < -0.39 is 39.7 Å². The molecule has 0 radical (unpaired) electrons. The highest BCUT2D eigenvalue weighted by Gasteiger charge is 2.30. The average molecular weight is 278 g/mol. The molecule has 0 saturated carbocycles. The lowest BCUT2D eigenvalue weighted by Gasteiger charge is -2.15. The fourth-order valence-electron chi connectivity index (χ4n) is 1.16. The van der Waals surface area contributed by atoms with Gasteiger partial charge in [0.1, 0.15) is 6.04 Å². The molecule has 0 amide bonds. The Morgan fingerprint density at radius 2 is 1.94 bits per heavy atom. The first kappa shape index (κ1) is 16.3. The van der Waals surface area contributed by atoms with Gasteiger partial charge < -0.3 is 10.2 Å².